The molecule has 0 spiro atoms. The van der Waals surface area contributed by atoms with Crippen LogP contribution in [0.1, 0.15) is 9.67 Å². The van der Waals surface area contributed by atoms with Gasteiger partial charge in [0.1, 0.15) is 0 Å². The van der Waals surface area contributed by atoms with Crippen molar-refractivity contribution in [1.82, 2.24) is 29.8 Å². The molecule has 0 saturated carbocycles. The van der Waals surface area contributed by atoms with Gasteiger partial charge >= 0.3 is 0 Å². The van der Waals surface area contributed by atoms with Crippen LogP contribution >= 0.6 is 11.3 Å². The van der Waals surface area contributed by atoms with Crippen LogP contribution in [0, 0.1) is 0 Å². The van der Waals surface area contributed by atoms with Crippen LogP contribution in [0.3, 0.4) is 0 Å². The van der Waals surface area contributed by atoms with Gasteiger partial charge in [-0.2, -0.15) is 10.2 Å². The van der Waals surface area contributed by atoms with E-state index in [1.165, 1.54) is 11.3 Å². The van der Waals surface area contributed by atoms with Gasteiger partial charge in [-0.15, -0.1) is 11.3 Å². The third-order valence-electron chi connectivity index (χ3n) is 5.18. The number of thiophene rings is 1. The van der Waals surface area contributed by atoms with Gasteiger partial charge in [-0.25, -0.2) is 9.50 Å². The molecule has 2 N–H and O–H groups in total. The van der Waals surface area contributed by atoms with Gasteiger partial charge in [-0.3, -0.25) is 14.9 Å². The highest BCUT2D eigenvalue weighted by molar-refractivity contribution is 7.12. The Morgan fingerprint density at radius 1 is 1.03 bits per heavy atom. The van der Waals surface area contributed by atoms with Crippen LogP contribution in [0.2, 0.25) is 0 Å². The molecule has 1 amide bonds. The average molecular weight is 437 g/mol. The molecule has 0 unspecified atom stereocenters. The number of anilines is 1. The molecule has 9 heteroatoms. The summed E-state index contributed by atoms with van der Waals surface area (Å²) in [6.07, 6.45) is 10.8. The summed E-state index contributed by atoms with van der Waals surface area (Å²) in [5.41, 5.74) is 6.06. The van der Waals surface area contributed by atoms with Crippen LogP contribution in [0.25, 0.3) is 38.8 Å². The number of H-pyrrole nitrogens is 1. The summed E-state index contributed by atoms with van der Waals surface area (Å²) < 4.78 is 1.75. The second kappa shape index (κ2) is 7.40. The minimum absolute atomic E-state index is 0.160. The Bertz CT molecular complexity index is 1580. The van der Waals surface area contributed by atoms with Crippen molar-refractivity contribution < 1.29 is 4.79 Å². The largest absolute Gasteiger partial charge is 0.321 e. The third kappa shape index (κ3) is 3.21. The number of hydrogen-bond donors (Lipinski definition) is 2. The zero-order valence-corrected chi connectivity index (χ0v) is 17.4. The van der Waals surface area contributed by atoms with E-state index in [-0.39, 0.29) is 5.91 Å². The van der Waals surface area contributed by atoms with Crippen molar-refractivity contribution in [3.8, 4) is 22.3 Å². The molecular formula is C23H15N7OS. The van der Waals surface area contributed by atoms with E-state index < -0.39 is 0 Å². The SMILES string of the molecule is O=C(Nc1ccc2[nH]ncc2c1)c1cc(-c2cnn3cc(-c4cccnc4)cnc23)cs1. The molecule has 0 radical (unpaired) electrons. The summed E-state index contributed by atoms with van der Waals surface area (Å²) in [7, 11) is 0. The molecule has 1 aromatic carbocycles. The first-order chi connectivity index (χ1) is 15.7. The highest BCUT2D eigenvalue weighted by Crippen LogP contribution is 2.30. The van der Waals surface area contributed by atoms with Crippen LogP contribution in [0.15, 0.2) is 79.0 Å². The van der Waals surface area contributed by atoms with Crippen molar-refractivity contribution in [2.75, 3.05) is 5.32 Å². The summed E-state index contributed by atoms with van der Waals surface area (Å²) in [6, 6.07) is 11.4. The average Bonchev–Trinajstić information content (AvgIpc) is 3.57. The number of nitrogens with zero attached hydrogens (tertiary/aromatic N) is 5. The van der Waals surface area contributed by atoms with Gasteiger partial charge in [-0.05, 0) is 41.3 Å². The van der Waals surface area contributed by atoms with Crippen molar-refractivity contribution in [3.63, 3.8) is 0 Å². The summed E-state index contributed by atoms with van der Waals surface area (Å²) >= 11 is 1.39. The van der Waals surface area contributed by atoms with E-state index >= 15 is 0 Å². The maximum absolute atomic E-state index is 12.8. The fourth-order valence-electron chi connectivity index (χ4n) is 3.57. The molecule has 32 heavy (non-hydrogen) atoms. The first-order valence-electron chi connectivity index (χ1n) is 9.82. The Morgan fingerprint density at radius 3 is 2.91 bits per heavy atom. The molecule has 8 nitrogen and oxygen atoms in total. The monoisotopic (exact) mass is 437 g/mol. The Morgan fingerprint density at radius 2 is 2.00 bits per heavy atom. The van der Waals surface area contributed by atoms with Crippen molar-refractivity contribution in [3.05, 3.63) is 83.8 Å². The van der Waals surface area contributed by atoms with Crippen LogP contribution < -0.4 is 5.32 Å². The summed E-state index contributed by atoms with van der Waals surface area (Å²) in [4.78, 5) is 22.1. The molecule has 0 aliphatic rings. The molecule has 6 aromatic rings. The number of hydrogen-bond acceptors (Lipinski definition) is 6. The smallest absolute Gasteiger partial charge is 0.265 e. The number of benzene rings is 1. The van der Waals surface area contributed by atoms with Crippen LogP contribution in [0.5, 0.6) is 0 Å². The van der Waals surface area contributed by atoms with E-state index in [9.17, 15) is 4.79 Å². The summed E-state index contributed by atoms with van der Waals surface area (Å²) in [5, 5.41) is 17.2. The zero-order valence-electron chi connectivity index (χ0n) is 16.6. The lowest BCUT2D eigenvalue weighted by molar-refractivity contribution is 0.103. The highest BCUT2D eigenvalue weighted by atomic mass is 32.1. The summed E-state index contributed by atoms with van der Waals surface area (Å²) in [5.74, 6) is -0.160. The Kier molecular flexibility index (Phi) is 4.25. The first kappa shape index (κ1) is 18.4. The van der Waals surface area contributed by atoms with E-state index in [0.29, 0.717) is 4.88 Å². The van der Waals surface area contributed by atoms with Crippen molar-refractivity contribution >= 4 is 39.5 Å². The lowest BCUT2D eigenvalue weighted by atomic mass is 10.1. The number of fused-ring (bicyclic) bond motifs is 2. The third-order valence-corrected chi connectivity index (χ3v) is 6.11. The fraction of sp³-hybridized carbons (Fsp3) is 0. The van der Waals surface area contributed by atoms with E-state index in [2.05, 4.69) is 30.6 Å². The number of pyridine rings is 1. The second-order valence-electron chi connectivity index (χ2n) is 7.24. The van der Waals surface area contributed by atoms with Crippen LogP contribution in [0.4, 0.5) is 5.69 Å². The van der Waals surface area contributed by atoms with Gasteiger partial charge < -0.3 is 5.32 Å². The number of aromatic nitrogens is 6. The quantitative estimate of drug-likeness (QED) is 0.418. The minimum atomic E-state index is -0.160. The summed E-state index contributed by atoms with van der Waals surface area (Å²) in [6.45, 7) is 0. The van der Waals surface area contributed by atoms with Gasteiger partial charge in [0.05, 0.1) is 22.8 Å². The van der Waals surface area contributed by atoms with E-state index in [4.69, 9.17) is 0 Å². The first-order valence-corrected chi connectivity index (χ1v) is 10.7. The van der Waals surface area contributed by atoms with Gasteiger partial charge in [0.15, 0.2) is 5.65 Å². The number of carbonyl (C=O) groups is 1. The molecular weight excluding hydrogens is 422 g/mol. The number of rotatable bonds is 4. The normalized spacial score (nSPS) is 11.2. The molecule has 6 rings (SSSR count). The number of nitrogens with one attached hydrogen (secondary N) is 2. The predicted molar refractivity (Wildman–Crippen MR) is 124 cm³/mol. The lowest BCUT2D eigenvalue weighted by Gasteiger charge is -2.03. The lowest BCUT2D eigenvalue weighted by Crippen LogP contribution is -2.09. The molecule has 154 valence electrons. The van der Waals surface area contributed by atoms with E-state index in [1.54, 1.807) is 29.3 Å². The Balaban J connectivity index is 1.27. The molecule has 0 bridgehead atoms. The number of carbonyl (C=O) groups excluding carboxylic acids is 1. The number of amides is 1. The molecule has 0 aliphatic carbocycles. The van der Waals surface area contributed by atoms with E-state index in [1.807, 2.05) is 54.2 Å². The molecule has 5 aromatic heterocycles. The molecule has 0 aliphatic heterocycles. The van der Waals surface area contributed by atoms with Crippen molar-refractivity contribution in [2.24, 2.45) is 0 Å². The van der Waals surface area contributed by atoms with Gasteiger partial charge in [0.25, 0.3) is 5.91 Å². The van der Waals surface area contributed by atoms with Crippen molar-refractivity contribution in [1.29, 1.82) is 0 Å². The van der Waals surface area contributed by atoms with Gasteiger partial charge in [0.2, 0.25) is 0 Å². The number of aromatic amines is 1. The van der Waals surface area contributed by atoms with Gasteiger partial charge in [-0.1, -0.05) is 6.07 Å². The molecule has 0 fully saturated rings. The maximum atomic E-state index is 12.8. The maximum Gasteiger partial charge on any atom is 0.265 e. The highest BCUT2D eigenvalue weighted by Gasteiger charge is 2.15. The molecule has 5 heterocycles. The topological polar surface area (TPSA) is 101 Å². The molecule has 0 atom stereocenters. The van der Waals surface area contributed by atoms with Crippen LogP contribution in [-0.2, 0) is 0 Å². The second-order valence-corrected chi connectivity index (χ2v) is 8.15. The minimum Gasteiger partial charge on any atom is -0.321 e. The molecule has 0 saturated heterocycles. The standard InChI is InChI=1S/C23H15N7OS/c31-23(28-18-3-4-20-15(6-18)10-26-29-20)21-7-16(13-32-21)19-11-27-30-12-17(9-25-22(19)30)14-2-1-5-24-8-14/h1-13H,(H,26,29)(H,28,31). The van der Waals surface area contributed by atoms with Crippen LogP contribution in [-0.4, -0.2) is 35.7 Å². The fourth-order valence-corrected chi connectivity index (χ4v) is 4.37. The Labute approximate surface area is 185 Å². The van der Waals surface area contributed by atoms with Crippen molar-refractivity contribution in [2.45, 2.75) is 0 Å². The predicted octanol–water partition coefficient (Wildman–Crippen LogP) is 4.65. The van der Waals surface area contributed by atoms with E-state index in [0.717, 1.165) is 44.5 Å². The zero-order chi connectivity index (χ0) is 21.5. The Hall–Kier alpha value is -4.37. The van der Waals surface area contributed by atoms with Gasteiger partial charge in [0, 0.05) is 52.6 Å².